The molecule has 0 bridgehead atoms. The molecule has 2 aromatic rings. The second-order valence-electron chi connectivity index (χ2n) is 4.25. The summed E-state index contributed by atoms with van der Waals surface area (Å²) >= 11 is 1.74. The first-order chi connectivity index (χ1) is 7.90. The van der Waals surface area contributed by atoms with Crippen LogP contribution in [0.1, 0.15) is 30.0 Å². The molecule has 0 unspecified atom stereocenters. The van der Waals surface area contributed by atoms with Crippen LogP contribution in [-0.2, 0) is 6.42 Å². The Labute approximate surface area is 98.7 Å². The molecule has 2 aromatic heterocycles. The molecular weight excluding hydrogens is 218 g/mol. The van der Waals surface area contributed by atoms with Gasteiger partial charge in [0.25, 0.3) is 0 Å². The molecule has 0 amide bonds. The maximum absolute atomic E-state index is 5.69. The number of nitrogens with two attached hydrogens (primary N) is 1. The Kier molecular flexibility index (Phi) is 2.53. The van der Waals surface area contributed by atoms with E-state index < -0.39 is 0 Å². The van der Waals surface area contributed by atoms with Gasteiger partial charge >= 0.3 is 0 Å². The van der Waals surface area contributed by atoms with E-state index in [4.69, 9.17) is 5.73 Å². The van der Waals surface area contributed by atoms with E-state index in [1.54, 1.807) is 11.3 Å². The summed E-state index contributed by atoms with van der Waals surface area (Å²) in [5.74, 6) is 0.711. The minimum Gasteiger partial charge on any atom is -0.330 e. The summed E-state index contributed by atoms with van der Waals surface area (Å²) in [6.45, 7) is 0.692. The van der Waals surface area contributed by atoms with Gasteiger partial charge in [0.2, 0.25) is 0 Å². The number of hydrogen-bond donors (Lipinski definition) is 2. The van der Waals surface area contributed by atoms with Crippen molar-refractivity contribution in [2.24, 2.45) is 5.73 Å². The highest BCUT2D eigenvalue weighted by atomic mass is 32.1. The zero-order valence-corrected chi connectivity index (χ0v) is 9.89. The Morgan fingerprint density at radius 2 is 2.38 bits per heavy atom. The molecule has 0 atom stereocenters. The monoisotopic (exact) mass is 233 g/mol. The Balaban J connectivity index is 2.03. The maximum Gasteiger partial charge on any atom is 0.106 e. The Morgan fingerprint density at radius 1 is 1.50 bits per heavy atom. The predicted molar refractivity (Wildman–Crippen MR) is 66.6 cm³/mol. The van der Waals surface area contributed by atoms with E-state index in [0.717, 1.165) is 12.1 Å². The third-order valence-electron chi connectivity index (χ3n) is 3.03. The summed E-state index contributed by atoms with van der Waals surface area (Å²) in [5, 5.41) is 9.77. The topological polar surface area (TPSA) is 54.7 Å². The molecule has 0 spiro atoms. The first kappa shape index (κ1) is 10.1. The van der Waals surface area contributed by atoms with Gasteiger partial charge in [-0.2, -0.15) is 5.10 Å². The fourth-order valence-electron chi connectivity index (χ4n) is 2.10. The number of H-pyrrole nitrogens is 1. The van der Waals surface area contributed by atoms with Crippen LogP contribution in [-0.4, -0.2) is 16.7 Å². The number of nitrogens with zero attached hydrogens (tertiary/aromatic N) is 1. The van der Waals surface area contributed by atoms with Crippen molar-refractivity contribution >= 4 is 11.3 Å². The largest absolute Gasteiger partial charge is 0.330 e. The van der Waals surface area contributed by atoms with Crippen molar-refractivity contribution in [3.8, 4) is 10.6 Å². The smallest absolute Gasteiger partial charge is 0.106 e. The van der Waals surface area contributed by atoms with Crippen LogP contribution >= 0.6 is 11.3 Å². The van der Waals surface area contributed by atoms with E-state index in [1.807, 2.05) is 0 Å². The molecule has 2 heterocycles. The molecule has 4 heteroatoms. The van der Waals surface area contributed by atoms with Crippen LogP contribution < -0.4 is 5.73 Å². The van der Waals surface area contributed by atoms with Crippen LogP contribution in [0.15, 0.2) is 17.5 Å². The molecule has 3 rings (SSSR count). The number of rotatable bonds is 4. The number of thiophene rings is 1. The van der Waals surface area contributed by atoms with Crippen LogP contribution in [0.4, 0.5) is 0 Å². The van der Waals surface area contributed by atoms with E-state index in [9.17, 15) is 0 Å². The second-order valence-corrected chi connectivity index (χ2v) is 5.20. The molecule has 1 fully saturated rings. The number of aromatic nitrogens is 2. The van der Waals surface area contributed by atoms with Crippen molar-refractivity contribution in [2.45, 2.75) is 25.2 Å². The zero-order valence-electron chi connectivity index (χ0n) is 9.07. The lowest BCUT2D eigenvalue weighted by Gasteiger charge is -2.01. The van der Waals surface area contributed by atoms with Crippen molar-refractivity contribution < 1.29 is 0 Å². The average Bonchev–Trinajstić information content (AvgIpc) is 2.84. The Bertz CT molecular complexity index is 468. The second kappa shape index (κ2) is 4.03. The molecule has 0 aromatic carbocycles. The van der Waals surface area contributed by atoms with Crippen molar-refractivity contribution in [2.75, 3.05) is 6.54 Å². The van der Waals surface area contributed by atoms with Gasteiger partial charge in [0.05, 0.1) is 4.88 Å². The SMILES string of the molecule is NCCc1c(-c2cccs2)n[nH]c1C1CC1. The summed E-state index contributed by atoms with van der Waals surface area (Å²) in [7, 11) is 0. The highest BCUT2D eigenvalue weighted by Gasteiger charge is 2.29. The van der Waals surface area contributed by atoms with Crippen LogP contribution in [0.2, 0.25) is 0 Å². The summed E-state index contributed by atoms with van der Waals surface area (Å²) in [6.07, 6.45) is 3.52. The quantitative estimate of drug-likeness (QED) is 0.852. The molecule has 1 aliphatic rings. The van der Waals surface area contributed by atoms with Gasteiger partial charge in [-0.05, 0) is 37.3 Å². The zero-order chi connectivity index (χ0) is 11.0. The molecule has 0 aliphatic heterocycles. The maximum atomic E-state index is 5.69. The van der Waals surface area contributed by atoms with E-state index in [2.05, 4.69) is 27.7 Å². The van der Waals surface area contributed by atoms with Crippen LogP contribution in [0.3, 0.4) is 0 Å². The first-order valence-electron chi connectivity index (χ1n) is 5.71. The molecule has 3 N–H and O–H groups in total. The summed E-state index contributed by atoms with van der Waals surface area (Å²) in [4.78, 5) is 1.24. The summed E-state index contributed by atoms with van der Waals surface area (Å²) in [6, 6.07) is 4.19. The lowest BCUT2D eigenvalue weighted by Crippen LogP contribution is -2.04. The molecule has 3 nitrogen and oxygen atoms in total. The highest BCUT2D eigenvalue weighted by molar-refractivity contribution is 7.13. The van der Waals surface area contributed by atoms with Crippen molar-refractivity contribution in [1.82, 2.24) is 10.2 Å². The fraction of sp³-hybridized carbons (Fsp3) is 0.417. The van der Waals surface area contributed by atoms with Gasteiger partial charge in [-0.3, -0.25) is 5.10 Å². The summed E-state index contributed by atoms with van der Waals surface area (Å²) in [5.41, 5.74) is 9.47. The molecule has 1 aliphatic carbocycles. The number of hydrogen-bond acceptors (Lipinski definition) is 3. The molecule has 84 valence electrons. The number of nitrogens with one attached hydrogen (secondary N) is 1. The van der Waals surface area contributed by atoms with Crippen molar-refractivity contribution in [1.29, 1.82) is 0 Å². The van der Waals surface area contributed by atoms with Crippen LogP contribution in [0.5, 0.6) is 0 Å². The van der Waals surface area contributed by atoms with Crippen molar-refractivity contribution in [3.63, 3.8) is 0 Å². The van der Waals surface area contributed by atoms with Gasteiger partial charge < -0.3 is 5.73 Å². The lowest BCUT2D eigenvalue weighted by atomic mass is 10.1. The van der Waals surface area contributed by atoms with Crippen molar-refractivity contribution in [3.05, 3.63) is 28.8 Å². The standard InChI is InChI=1S/C12H15N3S/c13-6-5-9-11(8-3-4-8)14-15-12(9)10-2-1-7-16-10/h1-2,7-8H,3-6,13H2,(H,14,15). The Hall–Kier alpha value is -1.13. The molecule has 16 heavy (non-hydrogen) atoms. The molecule has 0 radical (unpaired) electrons. The van der Waals surface area contributed by atoms with Crippen LogP contribution in [0.25, 0.3) is 10.6 Å². The molecule has 1 saturated carbocycles. The number of aromatic amines is 1. The highest BCUT2D eigenvalue weighted by Crippen LogP contribution is 2.43. The minimum absolute atomic E-state index is 0.692. The first-order valence-corrected chi connectivity index (χ1v) is 6.59. The van der Waals surface area contributed by atoms with E-state index in [0.29, 0.717) is 12.5 Å². The van der Waals surface area contributed by atoms with Gasteiger partial charge in [-0.1, -0.05) is 6.07 Å². The average molecular weight is 233 g/mol. The molecule has 0 saturated heterocycles. The fourth-order valence-corrected chi connectivity index (χ4v) is 2.84. The van der Waals surface area contributed by atoms with Gasteiger partial charge in [0.1, 0.15) is 5.69 Å². The Morgan fingerprint density at radius 3 is 3.00 bits per heavy atom. The van der Waals surface area contributed by atoms with Gasteiger partial charge in [0, 0.05) is 17.2 Å². The summed E-state index contributed by atoms with van der Waals surface area (Å²) < 4.78 is 0. The van der Waals surface area contributed by atoms with Gasteiger partial charge in [-0.25, -0.2) is 0 Å². The van der Waals surface area contributed by atoms with E-state index in [1.165, 1.54) is 29.0 Å². The van der Waals surface area contributed by atoms with E-state index in [-0.39, 0.29) is 0 Å². The third-order valence-corrected chi connectivity index (χ3v) is 3.91. The van der Waals surface area contributed by atoms with E-state index >= 15 is 0 Å². The van der Waals surface area contributed by atoms with Crippen LogP contribution in [0, 0.1) is 0 Å². The third kappa shape index (κ3) is 1.68. The minimum atomic E-state index is 0.692. The van der Waals surface area contributed by atoms with Gasteiger partial charge in [-0.15, -0.1) is 11.3 Å². The van der Waals surface area contributed by atoms with Gasteiger partial charge in [0.15, 0.2) is 0 Å². The molecular formula is C12H15N3S. The predicted octanol–water partition coefficient (Wildman–Crippen LogP) is 2.52. The lowest BCUT2D eigenvalue weighted by molar-refractivity contribution is 0.914. The normalized spacial score (nSPS) is 15.6.